The number of rotatable bonds is 4. The second-order valence-corrected chi connectivity index (χ2v) is 15.8. The summed E-state index contributed by atoms with van der Waals surface area (Å²) in [7, 11) is 0. The van der Waals surface area contributed by atoms with Gasteiger partial charge in [0.1, 0.15) is 11.4 Å². The molecule has 0 aliphatic carbocycles. The number of pyridine rings is 2. The lowest BCUT2D eigenvalue weighted by molar-refractivity contribution is 0.0614. The van der Waals surface area contributed by atoms with Crippen molar-refractivity contribution in [1.29, 1.82) is 0 Å². The molecule has 10 rings (SSSR count). The standard InChI is InChI=1S/C15H16FN3OS.C15H16IN3OS/c2*16-14-5-10-7-17-11(6-13(10)21-14)15(20)18-12-8-19-3-1-9(12)2-4-19/h2*5-7,9,12H,1-4,8H2,(H,18,20)/t2*12-/m00/s1. The lowest BCUT2D eigenvalue weighted by atomic mass is 9.84. The highest BCUT2D eigenvalue weighted by Gasteiger charge is 2.36. The van der Waals surface area contributed by atoms with E-state index >= 15 is 0 Å². The Labute approximate surface area is 265 Å². The van der Waals surface area contributed by atoms with Crippen LogP contribution in [0.2, 0.25) is 0 Å². The average molecular weight is 719 g/mol. The molecule has 2 amide bonds. The first-order valence-electron chi connectivity index (χ1n) is 14.5. The molecule has 12 heteroatoms. The molecule has 6 fully saturated rings. The summed E-state index contributed by atoms with van der Waals surface area (Å²) >= 11 is 5.05. The Kier molecular flexibility index (Phi) is 8.16. The molecule has 0 saturated carbocycles. The fraction of sp³-hybridized carbons (Fsp3) is 0.467. The van der Waals surface area contributed by atoms with E-state index in [1.54, 1.807) is 29.8 Å². The molecule has 6 aliphatic heterocycles. The molecule has 6 aliphatic rings. The Balaban J connectivity index is 0.000000137. The van der Waals surface area contributed by atoms with Crippen LogP contribution in [0, 0.1) is 19.9 Å². The van der Waals surface area contributed by atoms with Gasteiger partial charge >= 0.3 is 0 Å². The molecule has 0 radical (unpaired) electrons. The van der Waals surface area contributed by atoms with Gasteiger partial charge in [-0.3, -0.25) is 19.6 Å². The predicted octanol–water partition coefficient (Wildman–Crippen LogP) is 4.98. The maximum atomic E-state index is 13.2. The molecular weight excluding hydrogens is 686 g/mol. The topological polar surface area (TPSA) is 90.5 Å². The number of nitrogens with one attached hydrogen (secondary N) is 2. The Hall–Kier alpha value is -2.26. The summed E-state index contributed by atoms with van der Waals surface area (Å²) in [5, 5.41) is 7.92. The van der Waals surface area contributed by atoms with E-state index in [0.717, 1.165) is 70.5 Å². The monoisotopic (exact) mass is 718 g/mol. The zero-order valence-corrected chi connectivity index (χ0v) is 26.8. The van der Waals surface area contributed by atoms with E-state index in [2.05, 4.69) is 59.1 Å². The van der Waals surface area contributed by atoms with Crippen molar-refractivity contribution in [3.8, 4) is 0 Å². The van der Waals surface area contributed by atoms with Crippen LogP contribution in [-0.4, -0.2) is 82.9 Å². The van der Waals surface area contributed by atoms with Crippen molar-refractivity contribution in [3.05, 3.63) is 56.1 Å². The Morgan fingerprint density at radius 1 is 0.762 bits per heavy atom. The van der Waals surface area contributed by atoms with Gasteiger partial charge in [-0.15, -0.1) is 22.7 Å². The summed E-state index contributed by atoms with van der Waals surface area (Å²) < 4.78 is 16.3. The zero-order chi connectivity index (χ0) is 28.8. The minimum Gasteiger partial charge on any atom is -0.346 e. The second-order valence-electron chi connectivity index (χ2n) is 11.8. The van der Waals surface area contributed by atoms with Gasteiger partial charge < -0.3 is 20.4 Å². The molecule has 8 nitrogen and oxygen atoms in total. The number of halogens is 2. The van der Waals surface area contributed by atoms with E-state index in [1.165, 1.54) is 34.9 Å². The van der Waals surface area contributed by atoms with Crippen LogP contribution in [-0.2, 0) is 0 Å². The highest BCUT2D eigenvalue weighted by Crippen LogP contribution is 2.30. The Morgan fingerprint density at radius 2 is 1.24 bits per heavy atom. The van der Waals surface area contributed by atoms with Crippen molar-refractivity contribution in [2.45, 2.75) is 37.8 Å². The molecular formula is C30H32FIN6O2S2. The number of aromatic nitrogens is 2. The SMILES string of the molecule is O=C(N[C@H]1CN2CCC1CC2)c1cc2sc(F)cc2cn1.O=C(N[C@H]1CN2CCC1CC2)c1cc2sc(I)cc2cn1. The fourth-order valence-electron chi connectivity index (χ4n) is 6.79. The van der Waals surface area contributed by atoms with E-state index in [1.807, 2.05) is 6.07 Å². The van der Waals surface area contributed by atoms with Gasteiger partial charge in [-0.25, -0.2) is 0 Å². The third-order valence-electron chi connectivity index (χ3n) is 9.15. The van der Waals surface area contributed by atoms with Crippen LogP contribution in [0.3, 0.4) is 0 Å². The summed E-state index contributed by atoms with van der Waals surface area (Å²) in [4.78, 5) is 38.1. The molecule has 4 aromatic rings. The van der Waals surface area contributed by atoms with Gasteiger partial charge in [0.2, 0.25) is 0 Å². The second kappa shape index (κ2) is 12.0. The zero-order valence-electron chi connectivity index (χ0n) is 23.0. The lowest BCUT2D eigenvalue weighted by Gasteiger charge is -2.44. The van der Waals surface area contributed by atoms with E-state index in [9.17, 15) is 14.0 Å². The number of fused-ring (bicyclic) bond motifs is 8. The Bertz CT molecular complexity index is 1510. The molecule has 0 spiro atoms. The van der Waals surface area contributed by atoms with Crippen LogP contribution < -0.4 is 10.6 Å². The van der Waals surface area contributed by atoms with Crippen molar-refractivity contribution >= 4 is 77.3 Å². The smallest absolute Gasteiger partial charge is 0.270 e. The van der Waals surface area contributed by atoms with Crippen molar-refractivity contribution < 1.29 is 14.0 Å². The van der Waals surface area contributed by atoms with Crippen LogP contribution in [0.25, 0.3) is 20.2 Å². The summed E-state index contributed by atoms with van der Waals surface area (Å²) in [6.45, 7) is 6.61. The van der Waals surface area contributed by atoms with Crippen molar-refractivity contribution in [1.82, 2.24) is 30.4 Å². The third-order valence-corrected chi connectivity index (χ3v) is 11.9. The number of amides is 2. The molecule has 2 N–H and O–H groups in total. The number of thiophene rings is 2. The minimum absolute atomic E-state index is 0.0286. The molecule has 4 aromatic heterocycles. The number of piperidine rings is 6. The Morgan fingerprint density at radius 3 is 1.71 bits per heavy atom. The first kappa shape index (κ1) is 28.5. The highest BCUT2D eigenvalue weighted by atomic mass is 127. The van der Waals surface area contributed by atoms with Crippen LogP contribution in [0.1, 0.15) is 46.7 Å². The van der Waals surface area contributed by atoms with Gasteiger partial charge in [0.25, 0.3) is 11.8 Å². The highest BCUT2D eigenvalue weighted by molar-refractivity contribution is 14.1. The van der Waals surface area contributed by atoms with E-state index in [-0.39, 0.29) is 23.0 Å². The van der Waals surface area contributed by atoms with Gasteiger partial charge in [0.15, 0.2) is 5.13 Å². The van der Waals surface area contributed by atoms with Gasteiger partial charge in [0.05, 0.1) is 2.88 Å². The summed E-state index contributed by atoms with van der Waals surface area (Å²) in [5.41, 5.74) is 0.915. The average Bonchev–Trinajstić information content (AvgIpc) is 3.58. The van der Waals surface area contributed by atoms with Crippen LogP contribution in [0.5, 0.6) is 0 Å². The molecule has 42 heavy (non-hydrogen) atoms. The number of hydrogen-bond donors (Lipinski definition) is 2. The normalized spacial score (nSPS) is 28.0. The number of nitrogens with zero attached hydrogens (tertiary/aromatic N) is 4. The van der Waals surface area contributed by atoms with E-state index < -0.39 is 0 Å². The predicted molar refractivity (Wildman–Crippen MR) is 173 cm³/mol. The summed E-state index contributed by atoms with van der Waals surface area (Å²) in [5.74, 6) is 1.05. The van der Waals surface area contributed by atoms with Crippen LogP contribution >= 0.6 is 45.3 Å². The van der Waals surface area contributed by atoms with Gasteiger partial charge in [-0.2, -0.15) is 4.39 Å². The third kappa shape index (κ3) is 6.05. The number of carbonyl (C=O) groups is 2. The molecule has 0 unspecified atom stereocenters. The quantitative estimate of drug-likeness (QED) is 0.290. The van der Waals surface area contributed by atoms with E-state index in [4.69, 9.17) is 0 Å². The fourth-order valence-corrected chi connectivity index (χ4v) is 9.43. The molecule has 6 saturated heterocycles. The maximum absolute atomic E-state index is 13.2. The number of carbonyl (C=O) groups excluding carboxylic acids is 2. The van der Waals surface area contributed by atoms with Crippen molar-refractivity contribution in [2.75, 3.05) is 39.3 Å². The molecule has 4 bridgehead atoms. The number of hydrogen-bond acceptors (Lipinski definition) is 8. The van der Waals surface area contributed by atoms with Crippen LogP contribution in [0.15, 0.2) is 36.7 Å². The minimum atomic E-state index is -0.248. The van der Waals surface area contributed by atoms with Crippen molar-refractivity contribution in [3.63, 3.8) is 0 Å². The van der Waals surface area contributed by atoms with Gasteiger partial charge in [-0.05, 0) is 111 Å². The van der Waals surface area contributed by atoms with Crippen molar-refractivity contribution in [2.24, 2.45) is 11.8 Å². The largest absolute Gasteiger partial charge is 0.346 e. The first-order valence-corrected chi connectivity index (χ1v) is 17.3. The van der Waals surface area contributed by atoms with Gasteiger partial charge in [-0.1, -0.05) is 0 Å². The molecule has 2 atom stereocenters. The summed E-state index contributed by atoms with van der Waals surface area (Å²) in [6, 6.07) is 7.65. The first-order chi connectivity index (χ1) is 20.4. The molecule has 10 heterocycles. The van der Waals surface area contributed by atoms with E-state index in [0.29, 0.717) is 29.3 Å². The molecule has 220 valence electrons. The van der Waals surface area contributed by atoms with Crippen LogP contribution in [0.4, 0.5) is 4.39 Å². The molecule has 0 aromatic carbocycles. The maximum Gasteiger partial charge on any atom is 0.270 e. The summed E-state index contributed by atoms with van der Waals surface area (Å²) in [6.07, 6.45) is 8.11. The lowest BCUT2D eigenvalue weighted by Crippen LogP contribution is -2.57. The van der Waals surface area contributed by atoms with Gasteiger partial charge in [0, 0.05) is 57.7 Å².